The van der Waals surface area contributed by atoms with Crippen molar-refractivity contribution in [3.63, 3.8) is 0 Å². The van der Waals surface area contributed by atoms with Gasteiger partial charge in [-0.2, -0.15) is 0 Å². The van der Waals surface area contributed by atoms with Gasteiger partial charge in [0.15, 0.2) is 11.5 Å². The fourth-order valence-corrected chi connectivity index (χ4v) is 3.05. The number of hydrogen-bond acceptors (Lipinski definition) is 6. The summed E-state index contributed by atoms with van der Waals surface area (Å²) in [4.78, 5) is 27.1. The molecule has 0 radical (unpaired) electrons. The lowest BCUT2D eigenvalue weighted by Gasteiger charge is -2.14. The number of ether oxygens (including phenoxy) is 3. The summed E-state index contributed by atoms with van der Waals surface area (Å²) in [7, 11) is 4.47. The minimum atomic E-state index is -0.513. The largest absolute Gasteiger partial charge is 0.493 e. The van der Waals surface area contributed by atoms with Crippen LogP contribution in [0.1, 0.15) is 5.56 Å². The highest BCUT2D eigenvalue weighted by molar-refractivity contribution is 6.36. The minimum absolute atomic E-state index is 0.0592. The molecule has 0 saturated heterocycles. The number of benzene rings is 2. The monoisotopic (exact) mass is 400 g/mol. The number of halogens is 1. The van der Waals surface area contributed by atoms with Crippen molar-refractivity contribution in [2.24, 2.45) is 0 Å². The first kappa shape index (κ1) is 20.3. The van der Waals surface area contributed by atoms with Crippen molar-refractivity contribution < 1.29 is 28.2 Å². The summed E-state index contributed by atoms with van der Waals surface area (Å²) in [6, 6.07) is 10.6. The average Bonchev–Trinajstić information content (AvgIpc) is 2.95. The fraction of sp³-hybridized carbons (Fsp3) is 0.238. The van der Waals surface area contributed by atoms with E-state index >= 15 is 0 Å². The van der Waals surface area contributed by atoms with Crippen LogP contribution in [0.3, 0.4) is 0 Å². The summed E-state index contributed by atoms with van der Waals surface area (Å²) in [5, 5.41) is 2.90. The van der Waals surface area contributed by atoms with E-state index in [2.05, 4.69) is 5.32 Å². The molecule has 1 aliphatic heterocycles. The van der Waals surface area contributed by atoms with E-state index in [1.165, 1.54) is 39.5 Å². The summed E-state index contributed by atoms with van der Waals surface area (Å²) in [6.45, 7) is 0.295. The fourth-order valence-electron chi connectivity index (χ4n) is 3.05. The predicted octanol–water partition coefficient (Wildman–Crippen LogP) is 2.68. The van der Waals surface area contributed by atoms with Gasteiger partial charge in [-0.1, -0.05) is 12.1 Å². The molecule has 2 aromatic carbocycles. The van der Waals surface area contributed by atoms with Crippen molar-refractivity contribution in [3.8, 4) is 11.5 Å². The van der Waals surface area contributed by atoms with Crippen LogP contribution in [-0.2, 0) is 14.3 Å². The SMILES string of the molecule is COCCN1C(=O)C(Nc2cccc(F)c2)=C(c2ccc(OC)c(OC)c2)C1=O. The summed E-state index contributed by atoms with van der Waals surface area (Å²) < 4.78 is 29.1. The van der Waals surface area contributed by atoms with Crippen molar-refractivity contribution in [1.82, 2.24) is 4.90 Å². The quantitative estimate of drug-likeness (QED) is 0.687. The summed E-state index contributed by atoms with van der Waals surface area (Å²) in [6.07, 6.45) is 0. The zero-order valence-corrected chi connectivity index (χ0v) is 16.3. The molecule has 1 N–H and O–H groups in total. The Morgan fingerprint density at radius 1 is 0.966 bits per heavy atom. The number of imide groups is 1. The molecule has 0 spiro atoms. The molecule has 2 aromatic rings. The number of anilines is 1. The Balaban J connectivity index is 2.09. The molecule has 8 heteroatoms. The van der Waals surface area contributed by atoms with Gasteiger partial charge in [0.2, 0.25) is 0 Å². The normalized spacial score (nSPS) is 13.9. The van der Waals surface area contributed by atoms with E-state index in [0.29, 0.717) is 22.7 Å². The van der Waals surface area contributed by atoms with E-state index in [1.54, 1.807) is 24.3 Å². The first-order chi connectivity index (χ1) is 14.0. The summed E-state index contributed by atoms with van der Waals surface area (Å²) in [5.41, 5.74) is 1.05. The Hall–Kier alpha value is -3.39. The standard InChI is InChI=1S/C21H21FN2O5/c1-27-10-9-24-20(25)18(13-7-8-16(28-2)17(11-13)29-3)19(21(24)26)23-15-6-4-5-14(22)12-15/h4-8,11-12,23H,9-10H2,1-3H3. The van der Waals surface area contributed by atoms with Gasteiger partial charge >= 0.3 is 0 Å². The highest BCUT2D eigenvalue weighted by atomic mass is 19.1. The Labute approximate surface area is 167 Å². The molecule has 0 unspecified atom stereocenters. The zero-order chi connectivity index (χ0) is 21.0. The zero-order valence-electron chi connectivity index (χ0n) is 16.3. The molecule has 152 valence electrons. The number of hydrogen-bond donors (Lipinski definition) is 1. The van der Waals surface area contributed by atoms with Crippen LogP contribution in [0.25, 0.3) is 5.57 Å². The Morgan fingerprint density at radius 3 is 2.38 bits per heavy atom. The van der Waals surface area contributed by atoms with E-state index in [0.717, 1.165) is 4.90 Å². The lowest BCUT2D eigenvalue weighted by Crippen LogP contribution is -2.35. The van der Waals surface area contributed by atoms with Crippen LogP contribution in [-0.4, -0.2) is 51.2 Å². The van der Waals surface area contributed by atoms with Gasteiger partial charge in [-0.05, 0) is 35.9 Å². The van der Waals surface area contributed by atoms with Gasteiger partial charge in [-0.15, -0.1) is 0 Å². The third-order valence-corrected chi connectivity index (χ3v) is 4.45. The van der Waals surface area contributed by atoms with Crippen LogP contribution >= 0.6 is 0 Å². The second kappa shape index (κ2) is 8.74. The van der Waals surface area contributed by atoms with Crippen molar-refractivity contribution >= 4 is 23.1 Å². The Bertz CT molecular complexity index is 973. The molecule has 1 aliphatic rings. The third kappa shape index (κ3) is 4.07. The van der Waals surface area contributed by atoms with E-state index in [9.17, 15) is 14.0 Å². The van der Waals surface area contributed by atoms with Gasteiger partial charge in [0.25, 0.3) is 11.8 Å². The molecule has 0 aromatic heterocycles. The van der Waals surface area contributed by atoms with Gasteiger partial charge in [0.05, 0.1) is 32.9 Å². The average molecular weight is 400 g/mol. The molecule has 3 rings (SSSR count). The molecule has 1 heterocycles. The highest BCUT2D eigenvalue weighted by Crippen LogP contribution is 2.35. The lowest BCUT2D eigenvalue weighted by molar-refractivity contribution is -0.137. The van der Waals surface area contributed by atoms with Crippen LogP contribution in [0.2, 0.25) is 0 Å². The van der Waals surface area contributed by atoms with Gasteiger partial charge in [0.1, 0.15) is 11.5 Å². The lowest BCUT2D eigenvalue weighted by atomic mass is 10.0. The van der Waals surface area contributed by atoms with Crippen molar-refractivity contribution in [2.45, 2.75) is 0 Å². The molecule has 2 amide bonds. The highest BCUT2D eigenvalue weighted by Gasteiger charge is 2.39. The van der Waals surface area contributed by atoms with Gasteiger partial charge in [-0.25, -0.2) is 4.39 Å². The number of nitrogens with zero attached hydrogens (tertiary/aromatic N) is 1. The van der Waals surface area contributed by atoms with Crippen LogP contribution in [0.4, 0.5) is 10.1 Å². The van der Waals surface area contributed by atoms with Crippen molar-refractivity contribution in [1.29, 1.82) is 0 Å². The van der Waals surface area contributed by atoms with Crippen LogP contribution in [0.5, 0.6) is 11.5 Å². The van der Waals surface area contributed by atoms with Gasteiger partial charge in [0, 0.05) is 12.8 Å². The second-order valence-corrected chi connectivity index (χ2v) is 6.21. The number of nitrogens with one attached hydrogen (secondary N) is 1. The van der Waals surface area contributed by atoms with Gasteiger partial charge in [-0.3, -0.25) is 14.5 Å². The van der Waals surface area contributed by atoms with E-state index in [4.69, 9.17) is 14.2 Å². The number of methoxy groups -OCH3 is 3. The first-order valence-corrected chi connectivity index (χ1v) is 8.84. The number of rotatable bonds is 8. The number of amides is 2. The maximum atomic E-state index is 13.6. The van der Waals surface area contributed by atoms with E-state index in [-0.39, 0.29) is 24.4 Å². The third-order valence-electron chi connectivity index (χ3n) is 4.45. The number of carbonyl (C=O) groups is 2. The molecule has 0 saturated carbocycles. The van der Waals surface area contributed by atoms with E-state index in [1.807, 2.05) is 0 Å². The maximum absolute atomic E-state index is 13.6. The van der Waals surface area contributed by atoms with Crippen molar-refractivity contribution in [2.75, 3.05) is 39.8 Å². The topological polar surface area (TPSA) is 77.1 Å². The minimum Gasteiger partial charge on any atom is -0.493 e. The first-order valence-electron chi connectivity index (χ1n) is 8.84. The predicted molar refractivity (Wildman–Crippen MR) is 105 cm³/mol. The molecule has 0 fully saturated rings. The Kier molecular flexibility index (Phi) is 6.13. The maximum Gasteiger partial charge on any atom is 0.278 e. The van der Waals surface area contributed by atoms with Crippen molar-refractivity contribution in [3.05, 3.63) is 59.5 Å². The molecule has 0 aliphatic carbocycles. The number of carbonyl (C=O) groups excluding carboxylic acids is 2. The smallest absolute Gasteiger partial charge is 0.278 e. The Morgan fingerprint density at radius 2 is 1.72 bits per heavy atom. The summed E-state index contributed by atoms with van der Waals surface area (Å²) in [5.74, 6) is -0.543. The molecule has 7 nitrogen and oxygen atoms in total. The van der Waals surface area contributed by atoms with E-state index < -0.39 is 17.6 Å². The van der Waals surface area contributed by atoms with Crippen LogP contribution in [0, 0.1) is 5.82 Å². The van der Waals surface area contributed by atoms with Gasteiger partial charge < -0.3 is 19.5 Å². The molecular formula is C21H21FN2O5. The molecule has 0 bridgehead atoms. The van der Waals surface area contributed by atoms with Crippen LogP contribution in [0.15, 0.2) is 48.2 Å². The second-order valence-electron chi connectivity index (χ2n) is 6.21. The molecular weight excluding hydrogens is 379 g/mol. The summed E-state index contributed by atoms with van der Waals surface area (Å²) >= 11 is 0. The molecule has 29 heavy (non-hydrogen) atoms. The van der Waals surface area contributed by atoms with Crippen LogP contribution < -0.4 is 14.8 Å². The molecule has 0 atom stereocenters.